The van der Waals surface area contributed by atoms with Crippen molar-refractivity contribution < 1.29 is 0 Å². The molecule has 0 aromatic carbocycles. The summed E-state index contributed by atoms with van der Waals surface area (Å²) < 4.78 is 0. The van der Waals surface area contributed by atoms with E-state index in [4.69, 9.17) is 0 Å². The van der Waals surface area contributed by atoms with Gasteiger partial charge in [-0.3, -0.25) is 0 Å². The van der Waals surface area contributed by atoms with Gasteiger partial charge in [-0.05, 0) is 21.1 Å². The van der Waals surface area contributed by atoms with E-state index in [1.165, 1.54) is 0 Å². The fourth-order valence-electron chi connectivity index (χ4n) is 0. The number of rotatable bonds is 0. The van der Waals surface area contributed by atoms with Crippen molar-refractivity contribution in [1.82, 2.24) is 4.90 Å². The van der Waals surface area contributed by atoms with Gasteiger partial charge in [-0.2, -0.15) is 0 Å². The van der Waals surface area contributed by atoms with Crippen molar-refractivity contribution in [1.29, 1.82) is 0 Å². The van der Waals surface area contributed by atoms with Crippen LogP contribution in [0.1, 0.15) is 0 Å². The van der Waals surface area contributed by atoms with Crippen LogP contribution >= 0.6 is 0 Å². The molecule has 0 saturated heterocycles. The average molecular weight is 74.0 g/mol. The normalized spacial score (nSPS) is 7.20. The standard InChI is InChI=1S/C3H9N.BH4/c1-4(2)3;/h1-3H3;1H4/q;-1. The molecule has 0 aliphatic rings. The quantitative estimate of drug-likeness (QED) is 0.324. The van der Waals surface area contributed by atoms with Crippen molar-refractivity contribution in [3.63, 3.8) is 0 Å². The van der Waals surface area contributed by atoms with E-state index < -0.39 is 0 Å². The monoisotopic (exact) mass is 74.1 g/mol. The Balaban J connectivity index is 0. The molecule has 0 saturated carbocycles. The molecule has 0 amide bonds. The molecule has 5 heavy (non-hydrogen) atoms. The van der Waals surface area contributed by atoms with Gasteiger partial charge in [0.05, 0.1) is 0 Å². The van der Waals surface area contributed by atoms with Gasteiger partial charge >= 0.3 is 0 Å². The first-order chi connectivity index (χ1) is 1.73. The highest BCUT2D eigenvalue weighted by atomic mass is 15.0. The minimum atomic E-state index is 0. The average Bonchev–Trinajstić information content (AvgIpc) is 0.811. The summed E-state index contributed by atoms with van der Waals surface area (Å²) in [5.74, 6) is 0. The molecule has 0 N–H and O–H groups in total. The van der Waals surface area contributed by atoms with E-state index in [2.05, 4.69) is 0 Å². The summed E-state index contributed by atoms with van der Waals surface area (Å²) >= 11 is 0. The van der Waals surface area contributed by atoms with Crippen LogP contribution in [0, 0.1) is 0 Å². The van der Waals surface area contributed by atoms with Gasteiger partial charge in [-0.15, -0.1) is 0 Å². The third kappa shape index (κ3) is 26500. The van der Waals surface area contributed by atoms with E-state index in [1.807, 2.05) is 26.0 Å². The first-order valence-corrected chi connectivity index (χ1v) is 1.34. The third-order valence-corrected chi connectivity index (χ3v) is 0. The Morgan fingerprint density at radius 3 is 1.00 bits per heavy atom. The summed E-state index contributed by atoms with van der Waals surface area (Å²) in [5.41, 5.74) is 0. The van der Waals surface area contributed by atoms with Crippen LogP contribution in [0.3, 0.4) is 0 Å². The Morgan fingerprint density at radius 1 is 1.00 bits per heavy atom. The van der Waals surface area contributed by atoms with Crippen molar-refractivity contribution in [2.24, 2.45) is 0 Å². The molecule has 0 heterocycles. The fourth-order valence-corrected chi connectivity index (χ4v) is 0. The van der Waals surface area contributed by atoms with Crippen molar-refractivity contribution in [2.45, 2.75) is 0 Å². The van der Waals surface area contributed by atoms with Crippen LogP contribution in [0.2, 0.25) is 0 Å². The Bertz CT molecular complexity index is 11.6. The van der Waals surface area contributed by atoms with Crippen molar-refractivity contribution in [3.05, 3.63) is 0 Å². The molecule has 0 fully saturated rings. The first-order valence-electron chi connectivity index (χ1n) is 1.34. The van der Waals surface area contributed by atoms with Gasteiger partial charge in [0.1, 0.15) is 0 Å². The van der Waals surface area contributed by atoms with Crippen molar-refractivity contribution >= 4 is 8.41 Å². The maximum absolute atomic E-state index is 2.00. The molecular formula is C3H13BN-. The highest BCUT2D eigenvalue weighted by Gasteiger charge is 1.58. The van der Waals surface area contributed by atoms with E-state index in [9.17, 15) is 0 Å². The second kappa shape index (κ2) is 4.02. The smallest absolute Gasteiger partial charge is 0.0140 e. The maximum Gasteiger partial charge on any atom is -0.0140 e. The van der Waals surface area contributed by atoms with E-state index >= 15 is 0 Å². The van der Waals surface area contributed by atoms with Gasteiger partial charge in [0, 0.05) is 0 Å². The molecule has 0 bridgehead atoms. The lowest BCUT2D eigenvalue weighted by Crippen LogP contribution is -1.99. The molecule has 0 aliphatic carbocycles. The second-order valence-corrected chi connectivity index (χ2v) is 1.34. The zero-order valence-electron chi connectivity index (χ0n) is 3.45. The molecule has 0 unspecified atom stereocenters. The molecule has 0 aromatic rings. The highest BCUT2D eigenvalue weighted by Crippen LogP contribution is 1.47. The summed E-state index contributed by atoms with van der Waals surface area (Å²) in [7, 11) is 6.00. The summed E-state index contributed by atoms with van der Waals surface area (Å²) in [6.07, 6.45) is 0. The minimum Gasteiger partial charge on any atom is -0.312 e. The van der Waals surface area contributed by atoms with Gasteiger partial charge in [0.25, 0.3) is 0 Å². The molecule has 0 rings (SSSR count). The summed E-state index contributed by atoms with van der Waals surface area (Å²) in [4.78, 5) is 2.00. The lowest BCUT2D eigenvalue weighted by atomic mass is 10.8. The second-order valence-electron chi connectivity index (χ2n) is 1.34. The molecule has 0 atom stereocenters. The molecule has 2 heteroatoms. The Kier molecular flexibility index (Phi) is 7.16. The molecule has 0 aliphatic heterocycles. The Labute approximate surface area is 35.6 Å². The molecule has 34 valence electrons. The van der Waals surface area contributed by atoms with Gasteiger partial charge in [-0.1, -0.05) is 8.41 Å². The number of nitrogens with zero attached hydrogens (tertiary/aromatic N) is 1. The van der Waals surface area contributed by atoms with Crippen LogP contribution in [0.15, 0.2) is 0 Å². The molecule has 0 spiro atoms. The SMILES string of the molecule is CN(C)C.[BH4-]. The number of hydrogen-bond acceptors (Lipinski definition) is 1. The van der Waals surface area contributed by atoms with Crippen molar-refractivity contribution in [3.8, 4) is 0 Å². The van der Waals surface area contributed by atoms with Crippen LogP contribution in [0.5, 0.6) is 0 Å². The van der Waals surface area contributed by atoms with Crippen LogP contribution in [-0.4, -0.2) is 34.5 Å². The topological polar surface area (TPSA) is 3.24 Å². The third-order valence-electron chi connectivity index (χ3n) is 0. The van der Waals surface area contributed by atoms with E-state index in [0.29, 0.717) is 0 Å². The Hall–Kier alpha value is 0.0249. The molecule has 0 radical (unpaired) electrons. The highest BCUT2D eigenvalue weighted by molar-refractivity contribution is 5.75. The predicted octanol–water partition coefficient (Wildman–Crippen LogP) is -1.27. The van der Waals surface area contributed by atoms with Crippen molar-refractivity contribution in [2.75, 3.05) is 21.1 Å². The minimum absolute atomic E-state index is 0. The van der Waals surface area contributed by atoms with Gasteiger partial charge in [-0.25, -0.2) is 0 Å². The van der Waals surface area contributed by atoms with E-state index in [-0.39, 0.29) is 8.41 Å². The molecule has 1 nitrogen and oxygen atoms in total. The zero-order chi connectivity index (χ0) is 3.58. The first kappa shape index (κ1) is 8.90. The lowest BCUT2D eigenvalue weighted by Gasteiger charge is -1.90. The number of hydrogen-bond donors (Lipinski definition) is 0. The van der Waals surface area contributed by atoms with Crippen LogP contribution in [-0.2, 0) is 0 Å². The summed E-state index contributed by atoms with van der Waals surface area (Å²) in [5, 5.41) is 0. The van der Waals surface area contributed by atoms with E-state index in [0.717, 1.165) is 0 Å². The van der Waals surface area contributed by atoms with Gasteiger partial charge in [0.2, 0.25) is 0 Å². The van der Waals surface area contributed by atoms with Gasteiger partial charge < -0.3 is 4.90 Å². The molecular weight excluding hydrogens is 60.9 g/mol. The Morgan fingerprint density at radius 2 is 1.00 bits per heavy atom. The van der Waals surface area contributed by atoms with E-state index in [1.54, 1.807) is 0 Å². The summed E-state index contributed by atoms with van der Waals surface area (Å²) in [6.45, 7) is 0. The molecule has 0 aromatic heterocycles. The van der Waals surface area contributed by atoms with Crippen LogP contribution < -0.4 is 0 Å². The maximum atomic E-state index is 2.00. The predicted molar refractivity (Wildman–Crippen MR) is 30.9 cm³/mol. The van der Waals surface area contributed by atoms with Crippen LogP contribution in [0.25, 0.3) is 0 Å². The van der Waals surface area contributed by atoms with Crippen LogP contribution in [0.4, 0.5) is 0 Å². The lowest BCUT2D eigenvalue weighted by molar-refractivity contribution is 0.505. The summed E-state index contributed by atoms with van der Waals surface area (Å²) in [6, 6.07) is 0. The van der Waals surface area contributed by atoms with Gasteiger partial charge in [0.15, 0.2) is 0 Å². The zero-order valence-corrected chi connectivity index (χ0v) is 3.45. The fraction of sp³-hybridized carbons (Fsp3) is 1.00. The largest absolute Gasteiger partial charge is 0.312 e.